The molecule has 0 spiro atoms. The van der Waals surface area contributed by atoms with Gasteiger partial charge in [-0.3, -0.25) is 9.89 Å². The number of nitrogen functional groups attached to an aromatic ring is 1. The molecule has 88 valence electrons. The van der Waals surface area contributed by atoms with Crippen molar-refractivity contribution in [2.24, 2.45) is 0 Å². The van der Waals surface area contributed by atoms with E-state index < -0.39 is 5.41 Å². The van der Waals surface area contributed by atoms with E-state index in [9.17, 15) is 4.79 Å². The molecular weight excluding hydrogens is 220 g/mol. The Balaban J connectivity index is 2.89. The standard InChI is InChI=1S/C10H12N6O/c1-10(2,3)6-9(17)16-8(14-13-6)5(4-11)7(12)15-16/h15H,12H2,1-3H3. The third kappa shape index (κ3) is 1.54. The van der Waals surface area contributed by atoms with Crippen LogP contribution in [0.1, 0.15) is 32.0 Å². The SMILES string of the molecule is CC(C)(C)c1nnc2c(C#N)c(N)[nH]n2c1=O. The number of nitrogens with zero attached hydrogens (tertiary/aromatic N) is 4. The fourth-order valence-corrected chi connectivity index (χ4v) is 1.53. The average molecular weight is 232 g/mol. The maximum Gasteiger partial charge on any atom is 0.295 e. The smallest absolute Gasteiger partial charge is 0.295 e. The second-order valence-corrected chi connectivity index (χ2v) is 4.78. The number of aromatic nitrogens is 4. The number of nitriles is 1. The van der Waals surface area contributed by atoms with Crippen LogP contribution in [0.4, 0.5) is 5.82 Å². The van der Waals surface area contributed by atoms with Gasteiger partial charge in [0.15, 0.2) is 5.65 Å². The first-order valence-electron chi connectivity index (χ1n) is 5.03. The van der Waals surface area contributed by atoms with Gasteiger partial charge in [0.1, 0.15) is 23.1 Å². The number of fused-ring (bicyclic) bond motifs is 1. The van der Waals surface area contributed by atoms with Crippen molar-refractivity contribution in [3.63, 3.8) is 0 Å². The van der Waals surface area contributed by atoms with Crippen LogP contribution in [0.2, 0.25) is 0 Å². The Morgan fingerprint density at radius 3 is 2.59 bits per heavy atom. The number of rotatable bonds is 0. The summed E-state index contributed by atoms with van der Waals surface area (Å²) in [6, 6.07) is 1.89. The highest BCUT2D eigenvalue weighted by atomic mass is 16.1. The van der Waals surface area contributed by atoms with Gasteiger partial charge in [0.05, 0.1) is 0 Å². The molecule has 0 saturated heterocycles. The number of nitrogens with two attached hydrogens (primary N) is 1. The lowest BCUT2D eigenvalue weighted by atomic mass is 9.93. The van der Waals surface area contributed by atoms with Gasteiger partial charge in [-0.25, -0.2) is 0 Å². The van der Waals surface area contributed by atoms with E-state index in [1.165, 1.54) is 0 Å². The zero-order valence-electron chi connectivity index (χ0n) is 9.77. The van der Waals surface area contributed by atoms with Gasteiger partial charge in [0.2, 0.25) is 0 Å². The summed E-state index contributed by atoms with van der Waals surface area (Å²) >= 11 is 0. The summed E-state index contributed by atoms with van der Waals surface area (Å²) in [7, 11) is 0. The molecule has 7 heteroatoms. The molecule has 0 radical (unpaired) electrons. The Morgan fingerprint density at radius 2 is 2.06 bits per heavy atom. The average Bonchev–Trinajstić information content (AvgIpc) is 2.53. The fraction of sp³-hybridized carbons (Fsp3) is 0.400. The minimum atomic E-state index is -0.419. The molecule has 2 rings (SSSR count). The Labute approximate surface area is 96.9 Å². The minimum Gasteiger partial charge on any atom is -0.383 e. The second-order valence-electron chi connectivity index (χ2n) is 4.78. The van der Waals surface area contributed by atoms with Crippen LogP contribution in [0, 0.1) is 11.3 Å². The molecule has 3 N–H and O–H groups in total. The molecule has 0 fully saturated rings. The molecule has 2 heterocycles. The third-order valence-corrected chi connectivity index (χ3v) is 2.41. The number of nitrogens with one attached hydrogen (secondary N) is 1. The normalized spacial score (nSPS) is 11.6. The van der Waals surface area contributed by atoms with E-state index in [0.29, 0.717) is 5.69 Å². The van der Waals surface area contributed by atoms with Gasteiger partial charge in [0, 0.05) is 5.41 Å². The van der Waals surface area contributed by atoms with Crippen molar-refractivity contribution in [1.82, 2.24) is 19.8 Å². The largest absolute Gasteiger partial charge is 0.383 e. The van der Waals surface area contributed by atoms with Crippen LogP contribution in [0.3, 0.4) is 0 Å². The van der Waals surface area contributed by atoms with Crippen molar-refractivity contribution in [2.75, 3.05) is 5.73 Å². The van der Waals surface area contributed by atoms with E-state index in [1.54, 1.807) is 0 Å². The third-order valence-electron chi connectivity index (χ3n) is 2.41. The molecule has 0 unspecified atom stereocenters. The van der Waals surface area contributed by atoms with E-state index in [2.05, 4.69) is 15.3 Å². The van der Waals surface area contributed by atoms with Crippen LogP contribution in [-0.4, -0.2) is 19.8 Å². The van der Waals surface area contributed by atoms with Crippen molar-refractivity contribution in [2.45, 2.75) is 26.2 Å². The predicted molar refractivity (Wildman–Crippen MR) is 61.4 cm³/mol. The maximum atomic E-state index is 12.1. The minimum absolute atomic E-state index is 0.116. The summed E-state index contributed by atoms with van der Waals surface area (Å²) in [5, 5.41) is 19.3. The molecular formula is C10H12N6O. The topological polar surface area (TPSA) is 113 Å². The first-order chi connectivity index (χ1) is 7.86. The lowest BCUT2D eigenvalue weighted by Crippen LogP contribution is -2.30. The molecule has 0 amide bonds. The van der Waals surface area contributed by atoms with Crippen LogP contribution in [0.5, 0.6) is 0 Å². The predicted octanol–water partition coefficient (Wildman–Crippen LogP) is 0.169. The molecule has 0 aromatic carbocycles. The summed E-state index contributed by atoms with van der Waals surface area (Å²) in [6.45, 7) is 5.59. The van der Waals surface area contributed by atoms with Crippen molar-refractivity contribution in [3.05, 3.63) is 21.6 Å². The van der Waals surface area contributed by atoms with Crippen molar-refractivity contribution >= 4 is 11.5 Å². The van der Waals surface area contributed by atoms with E-state index in [1.807, 2.05) is 26.8 Å². The first-order valence-corrected chi connectivity index (χ1v) is 5.03. The van der Waals surface area contributed by atoms with Crippen LogP contribution < -0.4 is 11.3 Å². The molecule has 0 saturated carbocycles. The molecule has 0 bridgehead atoms. The lowest BCUT2D eigenvalue weighted by Gasteiger charge is -2.14. The zero-order valence-corrected chi connectivity index (χ0v) is 9.77. The quantitative estimate of drug-likeness (QED) is 0.672. The summed E-state index contributed by atoms with van der Waals surface area (Å²) in [4.78, 5) is 12.1. The highest BCUT2D eigenvalue weighted by Crippen LogP contribution is 2.17. The van der Waals surface area contributed by atoms with Gasteiger partial charge in [-0.05, 0) is 0 Å². The molecule has 2 aromatic rings. The Morgan fingerprint density at radius 1 is 1.41 bits per heavy atom. The number of anilines is 1. The van der Waals surface area contributed by atoms with Gasteiger partial charge in [-0.2, -0.15) is 9.78 Å². The number of hydrogen-bond acceptors (Lipinski definition) is 5. The highest BCUT2D eigenvalue weighted by molar-refractivity contribution is 5.65. The molecule has 2 aromatic heterocycles. The van der Waals surface area contributed by atoms with Crippen LogP contribution in [0.15, 0.2) is 4.79 Å². The van der Waals surface area contributed by atoms with E-state index in [0.717, 1.165) is 4.52 Å². The van der Waals surface area contributed by atoms with E-state index >= 15 is 0 Å². The Hall–Kier alpha value is -2.36. The summed E-state index contributed by atoms with van der Waals surface area (Å²) in [5.41, 5.74) is 5.44. The summed E-state index contributed by atoms with van der Waals surface area (Å²) < 4.78 is 1.15. The van der Waals surface area contributed by atoms with Crippen molar-refractivity contribution in [3.8, 4) is 6.07 Å². The molecule has 0 atom stereocenters. The van der Waals surface area contributed by atoms with Crippen molar-refractivity contribution in [1.29, 1.82) is 5.26 Å². The van der Waals surface area contributed by atoms with E-state index in [4.69, 9.17) is 11.0 Å². The van der Waals surface area contributed by atoms with Crippen LogP contribution in [-0.2, 0) is 5.41 Å². The lowest BCUT2D eigenvalue weighted by molar-refractivity contribution is 0.542. The number of hydrogen-bond donors (Lipinski definition) is 2. The summed E-state index contributed by atoms with van der Waals surface area (Å²) in [6.07, 6.45) is 0. The zero-order chi connectivity index (χ0) is 12.8. The molecule has 17 heavy (non-hydrogen) atoms. The molecule has 7 nitrogen and oxygen atoms in total. The number of H-pyrrole nitrogens is 1. The van der Waals surface area contributed by atoms with E-state index in [-0.39, 0.29) is 22.6 Å². The molecule has 0 aliphatic rings. The van der Waals surface area contributed by atoms with Crippen molar-refractivity contribution < 1.29 is 0 Å². The Bertz CT molecular complexity index is 682. The fourth-order valence-electron chi connectivity index (χ4n) is 1.53. The maximum absolute atomic E-state index is 12.1. The molecule has 0 aliphatic heterocycles. The Kier molecular flexibility index (Phi) is 2.17. The monoisotopic (exact) mass is 232 g/mol. The van der Waals surface area contributed by atoms with Crippen LogP contribution in [0.25, 0.3) is 5.65 Å². The van der Waals surface area contributed by atoms with Gasteiger partial charge >= 0.3 is 0 Å². The van der Waals surface area contributed by atoms with Gasteiger partial charge in [0.25, 0.3) is 5.56 Å². The number of aromatic amines is 1. The molecule has 0 aliphatic carbocycles. The summed E-state index contributed by atoms with van der Waals surface area (Å²) in [5.74, 6) is 0.116. The van der Waals surface area contributed by atoms with Crippen LogP contribution >= 0.6 is 0 Å². The second kappa shape index (κ2) is 3.31. The first kappa shape index (κ1) is 11.1. The van der Waals surface area contributed by atoms with Gasteiger partial charge in [-0.15, -0.1) is 10.2 Å². The van der Waals surface area contributed by atoms with Gasteiger partial charge in [-0.1, -0.05) is 20.8 Å². The van der Waals surface area contributed by atoms with Gasteiger partial charge < -0.3 is 5.73 Å². The highest BCUT2D eigenvalue weighted by Gasteiger charge is 2.23.